The van der Waals surface area contributed by atoms with Crippen molar-refractivity contribution in [1.29, 1.82) is 0 Å². The Kier molecular flexibility index (Phi) is 4.51. The Morgan fingerprint density at radius 2 is 1.86 bits per heavy atom. The summed E-state index contributed by atoms with van der Waals surface area (Å²) < 4.78 is 0. The first-order valence-electron chi connectivity index (χ1n) is 8.41. The summed E-state index contributed by atoms with van der Waals surface area (Å²) in [7, 11) is 0. The van der Waals surface area contributed by atoms with E-state index in [1.807, 2.05) is 0 Å². The van der Waals surface area contributed by atoms with Crippen molar-refractivity contribution in [3.05, 3.63) is 29.3 Å². The zero-order valence-corrected chi connectivity index (χ0v) is 12.8. The molecule has 0 spiro atoms. The highest BCUT2D eigenvalue weighted by molar-refractivity contribution is 5.55. The summed E-state index contributed by atoms with van der Waals surface area (Å²) in [5.74, 6) is 0. The van der Waals surface area contributed by atoms with Crippen LogP contribution in [0.3, 0.4) is 0 Å². The zero-order chi connectivity index (χ0) is 14.7. The van der Waals surface area contributed by atoms with Gasteiger partial charge in [0.25, 0.3) is 0 Å². The quantitative estimate of drug-likeness (QED) is 0.781. The molecule has 0 heterocycles. The molecule has 1 aromatic rings. The molecule has 0 amide bonds. The number of aliphatic hydroxyl groups excluding tert-OH is 1. The first-order valence-corrected chi connectivity index (χ1v) is 8.41. The first kappa shape index (κ1) is 14.9. The molecule has 21 heavy (non-hydrogen) atoms. The Labute approximate surface area is 127 Å². The SMILES string of the molecule is OC(CNc1cccc2c1CCCC2)CC1(O)CCCC1. The maximum atomic E-state index is 10.4. The van der Waals surface area contributed by atoms with E-state index in [9.17, 15) is 10.2 Å². The van der Waals surface area contributed by atoms with Crippen LogP contribution in [0.25, 0.3) is 0 Å². The largest absolute Gasteiger partial charge is 0.391 e. The molecule has 1 fully saturated rings. The monoisotopic (exact) mass is 289 g/mol. The van der Waals surface area contributed by atoms with Crippen LogP contribution in [0.2, 0.25) is 0 Å². The lowest BCUT2D eigenvalue weighted by molar-refractivity contribution is -0.00154. The van der Waals surface area contributed by atoms with Crippen molar-refractivity contribution in [2.45, 2.75) is 69.5 Å². The summed E-state index contributed by atoms with van der Waals surface area (Å²) in [6.45, 7) is 0.527. The van der Waals surface area contributed by atoms with Crippen molar-refractivity contribution >= 4 is 5.69 Å². The molecule has 0 saturated heterocycles. The van der Waals surface area contributed by atoms with Gasteiger partial charge in [0.1, 0.15) is 0 Å². The number of hydrogen-bond donors (Lipinski definition) is 3. The summed E-state index contributed by atoms with van der Waals surface area (Å²) in [4.78, 5) is 0. The third-order valence-electron chi connectivity index (χ3n) is 5.07. The van der Waals surface area contributed by atoms with Gasteiger partial charge in [-0.2, -0.15) is 0 Å². The predicted octanol–water partition coefficient (Wildman–Crippen LogP) is 3.03. The number of benzene rings is 1. The van der Waals surface area contributed by atoms with Gasteiger partial charge in [0.05, 0.1) is 11.7 Å². The van der Waals surface area contributed by atoms with Gasteiger partial charge < -0.3 is 15.5 Å². The minimum atomic E-state index is -0.628. The smallest absolute Gasteiger partial charge is 0.0739 e. The molecular weight excluding hydrogens is 262 g/mol. The lowest BCUT2D eigenvalue weighted by Crippen LogP contribution is -2.33. The summed E-state index contributed by atoms with van der Waals surface area (Å²) in [6.07, 6.45) is 8.72. The fourth-order valence-corrected chi connectivity index (χ4v) is 3.92. The van der Waals surface area contributed by atoms with Crippen LogP contribution in [0.5, 0.6) is 0 Å². The van der Waals surface area contributed by atoms with Crippen LogP contribution in [-0.4, -0.2) is 28.5 Å². The van der Waals surface area contributed by atoms with Gasteiger partial charge in [-0.3, -0.25) is 0 Å². The molecule has 0 radical (unpaired) electrons. The number of aryl methyl sites for hydroxylation is 1. The van der Waals surface area contributed by atoms with E-state index in [0.717, 1.165) is 32.1 Å². The Morgan fingerprint density at radius 1 is 1.10 bits per heavy atom. The zero-order valence-electron chi connectivity index (χ0n) is 12.8. The number of aliphatic hydroxyl groups is 2. The summed E-state index contributed by atoms with van der Waals surface area (Å²) in [5.41, 5.74) is 3.42. The number of anilines is 1. The van der Waals surface area contributed by atoms with Crippen molar-refractivity contribution in [3.63, 3.8) is 0 Å². The Bertz CT molecular complexity index is 480. The minimum Gasteiger partial charge on any atom is -0.391 e. The Morgan fingerprint density at radius 3 is 2.67 bits per heavy atom. The lowest BCUT2D eigenvalue weighted by atomic mass is 9.90. The molecule has 3 rings (SSSR count). The van der Waals surface area contributed by atoms with Gasteiger partial charge in [0, 0.05) is 18.7 Å². The van der Waals surface area contributed by atoms with Crippen LogP contribution in [0.15, 0.2) is 18.2 Å². The van der Waals surface area contributed by atoms with Gasteiger partial charge in [0.15, 0.2) is 0 Å². The molecule has 0 aliphatic heterocycles. The molecule has 2 aliphatic carbocycles. The van der Waals surface area contributed by atoms with Gasteiger partial charge >= 0.3 is 0 Å². The van der Waals surface area contributed by atoms with E-state index in [2.05, 4.69) is 23.5 Å². The molecule has 0 aromatic heterocycles. The standard InChI is InChI=1S/C18H27NO2/c20-15(12-18(21)10-3-4-11-18)13-19-17-9-5-7-14-6-1-2-8-16(14)17/h5,7,9,15,19-21H,1-4,6,8,10-13H2. The maximum Gasteiger partial charge on any atom is 0.0739 e. The molecule has 2 aliphatic rings. The van der Waals surface area contributed by atoms with E-state index in [4.69, 9.17) is 0 Å². The number of nitrogens with one attached hydrogen (secondary N) is 1. The number of hydrogen-bond acceptors (Lipinski definition) is 3. The molecule has 0 bridgehead atoms. The average Bonchev–Trinajstić information content (AvgIpc) is 2.91. The molecule has 3 N–H and O–H groups in total. The van der Waals surface area contributed by atoms with Gasteiger partial charge in [-0.15, -0.1) is 0 Å². The van der Waals surface area contributed by atoms with Crippen LogP contribution < -0.4 is 5.32 Å². The van der Waals surface area contributed by atoms with Crippen LogP contribution in [0.1, 0.15) is 56.1 Å². The van der Waals surface area contributed by atoms with Crippen LogP contribution in [-0.2, 0) is 12.8 Å². The predicted molar refractivity (Wildman–Crippen MR) is 85.6 cm³/mol. The van der Waals surface area contributed by atoms with Crippen molar-refractivity contribution in [2.75, 3.05) is 11.9 Å². The van der Waals surface area contributed by atoms with Gasteiger partial charge in [0.2, 0.25) is 0 Å². The maximum absolute atomic E-state index is 10.4. The normalized spacial score (nSPS) is 21.8. The molecule has 1 atom stereocenters. The first-order chi connectivity index (χ1) is 10.2. The molecule has 3 heteroatoms. The fourth-order valence-electron chi connectivity index (χ4n) is 3.92. The lowest BCUT2D eigenvalue weighted by Gasteiger charge is -2.26. The minimum absolute atomic E-state index is 0.479. The number of fused-ring (bicyclic) bond motifs is 1. The molecule has 1 saturated carbocycles. The second-order valence-electron chi connectivity index (χ2n) is 6.82. The van der Waals surface area contributed by atoms with Gasteiger partial charge in [-0.25, -0.2) is 0 Å². The van der Waals surface area contributed by atoms with Crippen LogP contribution in [0, 0.1) is 0 Å². The molecule has 116 valence electrons. The van der Waals surface area contributed by atoms with Crippen molar-refractivity contribution < 1.29 is 10.2 Å². The molecule has 1 aromatic carbocycles. The second kappa shape index (κ2) is 6.37. The Hall–Kier alpha value is -1.06. The van der Waals surface area contributed by atoms with Crippen LogP contribution >= 0.6 is 0 Å². The van der Waals surface area contributed by atoms with E-state index < -0.39 is 11.7 Å². The molecule has 1 unspecified atom stereocenters. The van der Waals surface area contributed by atoms with Crippen molar-refractivity contribution in [3.8, 4) is 0 Å². The highest BCUT2D eigenvalue weighted by atomic mass is 16.3. The van der Waals surface area contributed by atoms with E-state index in [-0.39, 0.29) is 0 Å². The van der Waals surface area contributed by atoms with Crippen molar-refractivity contribution in [2.24, 2.45) is 0 Å². The van der Waals surface area contributed by atoms with E-state index >= 15 is 0 Å². The second-order valence-corrected chi connectivity index (χ2v) is 6.82. The third kappa shape index (κ3) is 3.58. The average molecular weight is 289 g/mol. The number of rotatable bonds is 5. The van der Waals surface area contributed by atoms with E-state index in [1.165, 1.54) is 36.1 Å². The molecule has 3 nitrogen and oxygen atoms in total. The highest BCUT2D eigenvalue weighted by Gasteiger charge is 2.33. The summed E-state index contributed by atoms with van der Waals surface area (Å²) in [5, 5.41) is 24.0. The fraction of sp³-hybridized carbons (Fsp3) is 0.667. The highest BCUT2D eigenvalue weighted by Crippen LogP contribution is 2.33. The van der Waals surface area contributed by atoms with Gasteiger partial charge in [-0.1, -0.05) is 25.0 Å². The Balaban J connectivity index is 1.57. The van der Waals surface area contributed by atoms with Crippen LogP contribution in [0.4, 0.5) is 5.69 Å². The summed E-state index contributed by atoms with van der Waals surface area (Å²) >= 11 is 0. The summed E-state index contributed by atoms with van der Waals surface area (Å²) in [6, 6.07) is 6.43. The van der Waals surface area contributed by atoms with Gasteiger partial charge in [-0.05, 0) is 55.7 Å². The van der Waals surface area contributed by atoms with Crippen molar-refractivity contribution in [1.82, 2.24) is 0 Å². The van der Waals surface area contributed by atoms with E-state index in [1.54, 1.807) is 0 Å². The molecular formula is C18H27NO2. The van der Waals surface area contributed by atoms with E-state index in [0.29, 0.717) is 13.0 Å². The third-order valence-corrected chi connectivity index (χ3v) is 5.07. The topological polar surface area (TPSA) is 52.5 Å².